The summed E-state index contributed by atoms with van der Waals surface area (Å²) in [7, 11) is 0. The van der Waals surface area contributed by atoms with Gasteiger partial charge in [0.1, 0.15) is 5.82 Å². The number of ketones is 1. The van der Waals surface area contributed by atoms with E-state index in [0.717, 1.165) is 0 Å². The van der Waals surface area contributed by atoms with Crippen LogP contribution in [0.1, 0.15) is 23.1 Å². The van der Waals surface area contributed by atoms with Crippen molar-refractivity contribution in [2.45, 2.75) is 13.5 Å². The Morgan fingerprint density at radius 3 is 2.70 bits per heavy atom. The van der Waals surface area contributed by atoms with Crippen molar-refractivity contribution in [3.63, 3.8) is 0 Å². The van der Waals surface area contributed by atoms with Crippen LogP contribution >= 0.6 is 0 Å². The number of fused-ring (bicyclic) bond motifs is 1. The Morgan fingerprint density at radius 2 is 1.95 bits per heavy atom. The van der Waals surface area contributed by atoms with Gasteiger partial charge in [-0.1, -0.05) is 24.3 Å². The van der Waals surface area contributed by atoms with E-state index in [0.29, 0.717) is 28.7 Å². The Morgan fingerprint density at radius 1 is 1.20 bits per heavy atom. The largest absolute Gasteiger partial charge is 0.328 e. The summed E-state index contributed by atoms with van der Waals surface area (Å²) in [6.07, 6.45) is 3.36. The third-order valence-corrected chi connectivity index (χ3v) is 3.37. The fourth-order valence-corrected chi connectivity index (χ4v) is 2.35. The minimum Gasteiger partial charge on any atom is -0.328 e. The monoisotopic (exact) mass is 268 g/mol. The van der Waals surface area contributed by atoms with Gasteiger partial charge in [0.05, 0.1) is 0 Å². The van der Waals surface area contributed by atoms with Gasteiger partial charge in [0.25, 0.3) is 0 Å². The molecule has 0 amide bonds. The number of aromatic nitrogens is 2. The van der Waals surface area contributed by atoms with Crippen LogP contribution in [0.3, 0.4) is 0 Å². The summed E-state index contributed by atoms with van der Waals surface area (Å²) in [4.78, 5) is 16.7. The maximum absolute atomic E-state index is 13.8. The van der Waals surface area contributed by atoms with Gasteiger partial charge < -0.3 is 4.57 Å². The molecule has 3 rings (SSSR count). The SMILES string of the molecule is CCn1ccnc1C(=O)c1ccc(F)c2ccccc12. The van der Waals surface area contributed by atoms with Gasteiger partial charge in [-0.3, -0.25) is 4.79 Å². The molecule has 0 atom stereocenters. The summed E-state index contributed by atoms with van der Waals surface area (Å²) in [6, 6.07) is 9.83. The summed E-state index contributed by atoms with van der Waals surface area (Å²) in [5.74, 6) is -0.131. The summed E-state index contributed by atoms with van der Waals surface area (Å²) in [6.45, 7) is 2.61. The zero-order chi connectivity index (χ0) is 14.1. The molecular formula is C16H13FN2O. The van der Waals surface area contributed by atoms with Gasteiger partial charge in [0.2, 0.25) is 5.78 Å². The molecule has 1 heterocycles. The first-order valence-electron chi connectivity index (χ1n) is 6.45. The lowest BCUT2D eigenvalue weighted by atomic mass is 10.0. The quantitative estimate of drug-likeness (QED) is 0.682. The van der Waals surface area contributed by atoms with Crippen molar-refractivity contribution in [3.8, 4) is 0 Å². The Kier molecular flexibility index (Phi) is 3.06. The highest BCUT2D eigenvalue weighted by atomic mass is 19.1. The van der Waals surface area contributed by atoms with Crippen molar-refractivity contribution in [1.29, 1.82) is 0 Å². The zero-order valence-electron chi connectivity index (χ0n) is 11.0. The maximum Gasteiger partial charge on any atom is 0.229 e. The van der Waals surface area contributed by atoms with Gasteiger partial charge in [-0.15, -0.1) is 0 Å². The van der Waals surface area contributed by atoms with E-state index in [1.165, 1.54) is 12.1 Å². The van der Waals surface area contributed by atoms with E-state index < -0.39 is 0 Å². The molecule has 0 aliphatic carbocycles. The molecule has 0 spiro atoms. The number of carbonyl (C=O) groups excluding carboxylic acids is 1. The molecule has 3 aromatic rings. The lowest BCUT2D eigenvalue weighted by Gasteiger charge is -2.07. The number of hydrogen-bond donors (Lipinski definition) is 0. The predicted molar refractivity (Wildman–Crippen MR) is 75.2 cm³/mol. The van der Waals surface area contributed by atoms with Gasteiger partial charge in [-0.2, -0.15) is 0 Å². The van der Waals surface area contributed by atoms with E-state index in [2.05, 4.69) is 4.98 Å². The highest BCUT2D eigenvalue weighted by Crippen LogP contribution is 2.23. The smallest absolute Gasteiger partial charge is 0.229 e. The number of hydrogen-bond acceptors (Lipinski definition) is 2. The minimum absolute atomic E-state index is 0.187. The Balaban J connectivity index is 2.20. The maximum atomic E-state index is 13.8. The first kappa shape index (κ1) is 12.5. The van der Waals surface area contributed by atoms with E-state index in [1.807, 2.05) is 6.92 Å². The average Bonchev–Trinajstić information content (AvgIpc) is 2.96. The molecule has 1 aromatic heterocycles. The third-order valence-electron chi connectivity index (χ3n) is 3.37. The summed E-state index contributed by atoms with van der Waals surface area (Å²) < 4.78 is 15.6. The number of halogens is 1. The van der Waals surface area contributed by atoms with Crippen molar-refractivity contribution in [3.05, 3.63) is 66.0 Å². The lowest BCUT2D eigenvalue weighted by molar-refractivity contribution is 0.102. The summed E-state index contributed by atoms with van der Waals surface area (Å²) in [5.41, 5.74) is 0.475. The van der Waals surface area contributed by atoms with Crippen LogP contribution < -0.4 is 0 Å². The summed E-state index contributed by atoms with van der Waals surface area (Å²) in [5, 5.41) is 1.07. The number of nitrogens with zero attached hydrogens (tertiary/aromatic N) is 2. The van der Waals surface area contributed by atoms with Crippen molar-refractivity contribution in [1.82, 2.24) is 9.55 Å². The second-order valence-electron chi connectivity index (χ2n) is 4.51. The van der Waals surface area contributed by atoms with Gasteiger partial charge in [0, 0.05) is 29.9 Å². The molecule has 0 bridgehead atoms. The Labute approximate surface area is 115 Å². The molecule has 0 fully saturated rings. The minimum atomic E-state index is -0.323. The molecule has 3 nitrogen and oxygen atoms in total. The normalized spacial score (nSPS) is 10.9. The zero-order valence-corrected chi connectivity index (χ0v) is 11.0. The molecule has 0 N–H and O–H groups in total. The topological polar surface area (TPSA) is 34.9 Å². The van der Waals surface area contributed by atoms with E-state index in [-0.39, 0.29) is 11.6 Å². The highest BCUT2D eigenvalue weighted by molar-refractivity contribution is 6.14. The van der Waals surface area contributed by atoms with Gasteiger partial charge in [0.15, 0.2) is 5.82 Å². The fourth-order valence-electron chi connectivity index (χ4n) is 2.35. The lowest BCUT2D eigenvalue weighted by Crippen LogP contribution is -2.11. The molecule has 2 aromatic carbocycles. The van der Waals surface area contributed by atoms with Gasteiger partial charge >= 0.3 is 0 Å². The van der Waals surface area contributed by atoms with E-state index in [4.69, 9.17) is 0 Å². The van der Waals surface area contributed by atoms with Crippen LogP contribution in [0, 0.1) is 5.82 Å². The van der Waals surface area contributed by atoms with Crippen LogP contribution in [-0.4, -0.2) is 15.3 Å². The second kappa shape index (κ2) is 4.89. The van der Waals surface area contributed by atoms with Gasteiger partial charge in [-0.05, 0) is 24.4 Å². The predicted octanol–water partition coefficient (Wildman–Crippen LogP) is 3.43. The number of benzene rings is 2. The molecule has 100 valence electrons. The molecule has 0 aliphatic rings. The molecule has 0 aliphatic heterocycles. The van der Waals surface area contributed by atoms with Crippen molar-refractivity contribution >= 4 is 16.6 Å². The van der Waals surface area contributed by atoms with Crippen LogP contribution in [0.25, 0.3) is 10.8 Å². The van der Waals surface area contributed by atoms with Crippen molar-refractivity contribution in [2.24, 2.45) is 0 Å². The average molecular weight is 268 g/mol. The van der Waals surface area contributed by atoms with Gasteiger partial charge in [-0.25, -0.2) is 9.37 Å². The molecular weight excluding hydrogens is 255 g/mol. The Bertz CT molecular complexity index is 792. The first-order chi connectivity index (χ1) is 9.72. The number of carbonyl (C=O) groups is 1. The van der Waals surface area contributed by atoms with Crippen LogP contribution in [0.2, 0.25) is 0 Å². The van der Waals surface area contributed by atoms with Crippen molar-refractivity contribution in [2.75, 3.05) is 0 Å². The molecule has 0 saturated carbocycles. The number of imidazole rings is 1. The number of aryl methyl sites for hydroxylation is 1. The first-order valence-corrected chi connectivity index (χ1v) is 6.45. The van der Waals surface area contributed by atoms with Crippen LogP contribution in [0.4, 0.5) is 4.39 Å². The molecule has 0 unspecified atom stereocenters. The van der Waals surface area contributed by atoms with E-state index >= 15 is 0 Å². The van der Waals surface area contributed by atoms with E-state index in [9.17, 15) is 9.18 Å². The van der Waals surface area contributed by atoms with Crippen molar-refractivity contribution < 1.29 is 9.18 Å². The van der Waals surface area contributed by atoms with E-state index in [1.54, 1.807) is 41.2 Å². The summed E-state index contributed by atoms with van der Waals surface area (Å²) >= 11 is 0. The number of rotatable bonds is 3. The molecule has 20 heavy (non-hydrogen) atoms. The van der Waals surface area contributed by atoms with Crippen LogP contribution in [0.5, 0.6) is 0 Å². The second-order valence-corrected chi connectivity index (χ2v) is 4.51. The molecule has 0 saturated heterocycles. The fraction of sp³-hybridized carbons (Fsp3) is 0.125. The third kappa shape index (κ3) is 1.90. The molecule has 4 heteroatoms. The van der Waals surface area contributed by atoms with Crippen LogP contribution in [-0.2, 0) is 6.54 Å². The highest BCUT2D eigenvalue weighted by Gasteiger charge is 2.18. The Hall–Kier alpha value is -2.49. The standard InChI is InChI=1S/C16H13FN2O/c1-2-19-10-9-18-16(19)15(20)13-7-8-14(17)12-6-4-3-5-11(12)13/h3-10H,2H2,1H3. The van der Waals surface area contributed by atoms with Crippen LogP contribution in [0.15, 0.2) is 48.8 Å². The molecule has 0 radical (unpaired) electrons.